The van der Waals surface area contributed by atoms with E-state index in [1.165, 1.54) is 30.1 Å². The Labute approximate surface area is 414 Å². The van der Waals surface area contributed by atoms with Crippen molar-refractivity contribution in [2.75, 3.05) is 23.7 Å². The van der Waals surface area contributed by atoms with Gasteiger partial charge >= 0.3 is 0 Å². The molecule has 6 N–H and O–H groups in total. The molecule has 0 fully saturated rings. The molecule has 0 saturated carbocycles. The molecule has 8 rings (SSSR count). The van der Waals surface area contributed by atoms with Crippen molar-refractivity contribution in [2.45, 2.75) is 100.0 Å². The predicted octanol–water partition coefficient (Wildman–Crippen LogP) is 8.89. The number of ether oxygens (including phenoxy) is 1. The van der Waals surface area contributed by atoms with Crippen LogP contribution in [0, 0.1) is 0 Å². The molecule has 0 saturated heterocycles. The number of carbonyl (C=O) groups is 1. The van der Waals surface area contributed by atoms with Gasteiger partial charge in [-0.1, -0.05) is 93.1 Å². The van der Waals surface area contributed by atoms with Crippen LogP contribution in [0.15, 0.2) is 149 Å². The molecule has 71 heavy (non-hydrogen) atoms. The van der Waals surface area contributed by atoms with Gasteiger partial charge in [-0.2, -0.15) is 31.4 Å². The van der Waals surface area contributed by atoms with Crippen molar-refractivity contribution < 1.29 is 40.0 Å². The summed E-state index contributed by atoms with van der Waals surface area (Å²) in [5, 5.41) is 3.02. The molecule has 370 valence electrons. The SMILES string of the molecule is CC1(C)C(/C=C/C=C2/N(CCCCCC(=O)NCc3ccc(COc4nc(N)nc5[nH]cnc45)cc3)c3ccc(S(=O)(=O)O)cc3C2(C)C)=[N+](CCCC2=C/C=C\C=C/C=C\2)c2ccc(S(=O)(=O)O)cc21. The topological polar surface area (TPSA) is 234 Å². The summed E-state index contributed by atoms with van der Waals surface area (Å²) in [7, 11) is -8.92. The Balaban J connectivity index is 0.939. The minimum absolute atomic E-state index is 0.0565. The van der Waals surface area contributed by atoms with E-state index in [0.717, 1.165) is 70.7 Å². The van der Waals surface area contributed by atoms with E-state index in [2.05, 4.69) is 46.9 Å². The highest BCUT2D eigenvalue weighted by Gasteiger charge is 2.45. The van der Waals surface area contributed by atoms with E-state index in [0.29, 0.717) is 49.5 Å². The van der Waals surface area contributed by atoms with Crippen LogP contribution in [0.2, 0.25) is 0 Å². The van der Waals surface area contributed by atoms with Crippen LogP contribution in [0.1, 0.15) is 88.5 Å². The maximum absolute atomic E-state index is 13.0. The number of imidazole rings is 1. The molecule has 0 atom stereocenters. The second-order valence-corrected chi connectivity index (χ2v) is 21.7. The van der Waals surface area contributed by atoms with Crippen LogP contribution >= 0.6 is 0 Å². The fourth-order valence-corrected chi connectivity index (χ4v) is 10.4. The van der Waals surface area contributed by atoms with E-state index in [1.807, 2.05) is 101 Å². The van der Waals surface area contributed by atoms with Crippen LogP contribution in [-0.4, -0.2) is 75.2 Å². The zero-order chi connectivity index (χ0) is 50.6. The Morgan fingerprint density at radius 3 is 2.31 bits per heavy atom. The first-order chi connectivity index (χ1) is 33.8. The van der Waals surface area contributed by atoms with Crippen LogP contribution in [0.3, 0.4) is 0 Å². The molecule has 3 aliphatic rings. The Morgan fingerprint density at radius 1 is 0.845 bits per heavy atom. The number of aromatic nitrogens is 4. The number of rotatable bonds is 19. The maximum Gasteiger partial charge on any atom is 0.294 e. The van der Waals surface area contributed by atoms with E-state index in [9.17, 15) is 30.7 Å². The second-order valence-electron chi connectivity index (χ2n) is 18.8. The van der Waals surface area contributed by atoms with Crippen molar-refractivity contribution >= 4 is 60.3 Å². The van der Waals surface area contributed by atoms with Gasteiger partial charge in [0, 0.05) is 60.4 Å². The molecule has 0 spiro atoms. The summed E-state index contributed by atoms with van der Waals surface area (Å²) < 4.78 is 77.3. The number of unbranched alkanes of at least 4 members (excludes halogenated alkanes) is 2. The van der Waals surface area contributed by atoms with Crippen LogP contribution < -0.4 is 20.7 Å². The number of nitrogen functional groups attached to an aromatic ring is 1. The number of fused-ring (bicyclic) bond motifs is 3. The Hall–Kier alpha value is -6.99. The summed E-state index contributed by atoms with van der Waals surface area (Å²) >= 11 is 0. The number of nitrogens with zero attached hydrogens (tertiary/aromatic N) is 5. The van der Waals surface area contributed by atoms with Gasteiger partial charge in [-0.05, 0) is 91.8 Å². The summed E-state index contributed by atoms with van der Waals surface area (Å²) in [5.41, 5.74) is 13.6. The van der Waals surface area contributed by atoms with Gasteiger partial charge in [0.1, 0.15) is 13.2 Å². The molecule has 5 aromatic rings. The number of allylic oxidation sites excluding steroid dienone is 12. The molecule has 3 aromatic carbocycles. The van der Waals surface area contributed by atoms with Gasteiger partial charge in [0.15, 0.2) is 16.9 Å². The lowest BCUT2D eigenvalue weighted by atomic mass is 9.81. The quantitative estimate of drug-likeness (QED) is 0.0296. The third-order valence-corrected chi connectivity index (χ3v) is 14.9. The van der Waals surface area contributed by atoms with Crippen molar-refractivity contribution in [3.8, 4) is 5.88 Å². The molecule has 2 aromatic heterocycles. The molecule has 1 aliphatic carbocycles. The molecule has 0 unspecified atom stereocenters. The van der Waals surface area contributed by atoms with E-state index >= 15 is 0 Å². The lowest BCUT2D eigenvalue weighted by Gasteiger charge is -2.27. The van der Waals surface area contributed by atoms with Gasteiger partial charge in [0.25, 0.3) is 20.2 Å². The molecule has 16 nitrogen and oxygen atoms in total. The number of amides is 1. The highest BCUT2D eigenvalue weighted by Crippen LogP contribution is 2.49. The van der Waals surface area contributed by atoms with Crippen molar-refractivity contribution in [3.05, 3.63) is 161 Å². The molecule has 2 aliphatic heterocycles. The maximum atomic E-state index is 13.0. The van der Waals surface area contributed by atoms with Crippen LogP contribution in [0.25, 0.3) is 11.2 Å². The number of H-pyrrole nitrogens is 1. The van der Waals surface area contributed by atoms with Gasteiger partial charge in [-0.15, -0.1) is 0 Å². The fraction of sp³-hybridized carbons (Fsp3) is 0.302. The summed E-state index contributed by atoms with van der Waals surface area (Å²) in [6.45, 7) is 9.97. The van der Waals surface area contributed by atoms with E-state index in [-0.39, 0.29) is 28.3 Å². The summed E-state index contributed by atoms with van der Waals surface area (Å²) in [4.78, 5) is 30.2. The molecule has 4 heterocycles. The Kier molecular flexibility index (Phi) is 14.7. The molecular weight excluding hydrogens is 941 g/mol. The number of carbonyl (C=O) groups excluding carboxylic acids is 1. The van der Waals surface area contributed by atoms with Crippen molar-refractivity contribution in [1.29, 1.82) is 0 Å². The Morgan fingerprint density at radius 2 is 1.55 bits per heavy atom. The normalized spacial score (nSPS) is 18.8. The first kappa shape index (κ1) is 50.4. The minimum Gasteiger partial charge on any atom is -0.471 e. The molecule has 18 heteroatoms. The van der Waals surface area contributed by atoms with Gasteiger partial charge in [-0.25, -0.2) is 4.98 Å². The zero-order valence-electron chi connectivity index (χ0n) is 40.2. The number of benzene rings is 3. The molecular formula is C53H59N8O8S2+. The number of aromatic amines is 1. The number of hydrogen-bond acceptors (Lipinski definition) is 11. The monoisotopic (exact) mass is 999 g/mol. The van der Waals surface area contributed by atoms with Gasteiger partial charge < -0.3 is 25.7 Å². The van der Waals surface area contributed by atoms with E-state index in [1.54, 1.807) is 18.2 Å². The summed E-state index contributed by atoms with van der Waals surface area (Å²) in [5.74, 6) is 0.315. The number of nitrogens with two attached hydrogens (primary N) is 1. The van der Waals surface area contributed by atoms with Crippen LogP contribution in [-0.2, 0) is 49.0 Å². The van der Waals surface area contributed by atoms with E-state index < -0.39 is 31.1 Å². The third kappa shape index (κ3) is 11.5. The van der Waals surface area contributed by atoms with Gasteiger partial charge in [-0.3, -0.25) is 13.9 Å². The fourth-order valence-electron chi connectivity index (χ4n) is 9.41. The lowest BCUT2D eigenvalue weighted by Crippen LogP contribution is -2.28. The Bertz CT molecular complexity index is 3310. The average molecular weight is 1000 g/mol. The minimum atomic E-state index is -4.47. The van der Waals surface area contributed by atoms with E-state index in [4.69, 9.17) is 10.5 Å². The molecule has 1 amide bonds. The number of anilines is 2. The largest absolute Gasteiger partial charge is 0.471 e. The summed E-state index contributed by atoms with van der Waals surface area (Å²) in [6, 6.07) is 17.2. The van der Waals surface area contributed by atoms with Gasteiger partial charge in [0.2, 0.25) is 23.4 Å². The second kappa shape index (κ2) is 20.8. The smallest absolute Gasteiger partial charge is 0.294 e. The first-order valence-corrected chi connectivity index (χ1v) is 26.4. The van der Waals surface area contributed by atoms with Crippen LogP contribution in [0.4, 0.5) is 17.3 Å². The summed E-state index contributed by atoms with van der Waals surface area (Å²) in [6.07, 6.45) is 25.9. The first-order valence-electron chi connectivity index (χ1n) is 23.5. The third-order valence-electron chi connectivity index (χ3n) is 13.2. The highest BCUT2D eigenvalue weighted by atomic mass is 32.2. The highest BCUT2D eigenvalue weighted by molar-refractivity contribution is 7.86. The molecule has 0 radical (unpaired) electrons. The standard InChI is InChI=1S/C53H58N8O8S2/c1-52(2)41-31-39(70(63,64)65)25-27-43(41)60(29-12-8-11-20-47(62)55-33-37-21-23-38(24-22-37)34-69-50-48-49(57-35-56-48)58-51(54)59-50)45(52)18-13-19-46-53(3,4)42-32-40(71(66,67)68)26-28-44(42)61(46)30-14-17-36-15-9-6-5-7-10-16-36/h5-7,9-10,13,15-16,18-19,21-28,31-32,35H,8,11-12,14,17,20,29-30,33-34H2,1-4H3,(H5-,54,55,56,57,58,59,62,63,64,65,66,67,68)/p+1/b6-5-,7-5?,9-6?,10-7-,15-9-,16-10?,36-15?,36-16+. The number of nitrogens with one attached hydrogen (secondary N) is 2. The lowest BCUT2D eigenvalue weighted by molar-refractivity contribution is -0.438. The van der Waals surface area contributed by atoms with Crippen molar-refractivity contribution in [2.24, 2.45) is 0 Å². The van der Waals surface area contributed by atoms with Crippen molar-refractivity contribution in [3.63, 3.8) is 0 Å². The van der Waals surface area contributed by atoms with Crippen molar-refractivity contribution in [1.82, 2.24) is 25.3 Å². The zero-order valence-corrected chi connectivity index (χ0v) is 41.8. The average Bonchev–Trinajstić information content (AvgIpc) is 3.93. The van der Waals surface area contributed by atoms with Crippen LogP contribution in [0.5, 0.6) is 5.88 Å². The number of hydrogen-bond donors (Lipinski definition) is 5. The molecule has 0 bridgehead atoms. The predicted molar refractivity (Wildman–Crippen MR) is 275 cm³/mol. The van der Waals surface area contributed by atoms with Gasteiger partial charge in [0.05, 0.1) is 21.5 Å².